The highest BCUT2D eigenvalue weighted by Gasteiger charge is 2.06. The molecule has 0 saturated carbocycles. The van der Waals surface area contributed by atoms with Gasteiger partial charge >= 0.3 is 0 Å². The standard InChI is InChI=1S/C12H22N2S/c1-5-13-8-9(2)6-7-12-14-10(3)11(4)15-12/h9,13H,5-8H2,1-4H3. The average Bonchev–Trinajstić information content (AvgIpc) is 2.52. The quantitative estimate of drug-likeness (QED) is 0.806. The second-order valence-corrected chi connectivity index (χ2v) is 5.49. The van der Waals surface area contributed by atoms with Crippen molar-refractivity contribution < 1.29 is 0 Å². The van der Waals surface area contributed by atoms with E-state index in [0.29, 0.717) is 0 Å². The molecule has 0 fully saturated rings. The average molecular weight is 226 g/mol. The molecule has 1 aromatic rings. The summed E-state index contributed by atoms with van der Waals surface area (Å²) in [4.78, 5) is 5.93. The summed E-state index contributed by atoms with van der Waals surface area (Å²) in [6.07, 6.45) is 2.37. The highest BCUT2D eigenvalue weighted by atomic mass is 32.1. The molecule has 86 valence electrons. The van der Waals surface area contributed by atoms with E-state index in [1.165, 1.54) is 22.0 Å². The van der Waals surface area contributed by atoms with Gasteiger partial charge in [0.25, 0.3) is 0 Å². The molecule has 1 rings (SSSR count). The summed E-state index contributed by atoms with van der Waals surface area (Å²) >= 11 is 1.85. The largest absolute Gasteiger partial charge is 0.317 e. The van der Waals surface area contributed by atoms with E-state index in [9.17, 15) is 0 Å². The Labute approximate surface area is 97.1 Å². The van der Waals surface area contributed by atoms with Crippen molar-refractivity contribution in [2.45, 2.75) is 40.5 Å². The third-order valence-corrected chi connectivity index (χ3v) is 3.80. The first-order valence-corrected chi connectivity index (χ1v) is 6.58. The fourth-order valence-corrected chi connectivity index (χ4v) is 2.46. The summed E-state index contributed by atoms with van der Waals surface area (Å²) in [6, 6.07) is 0. The second-order valence-electron chi connectivity index (χ2n) is 4.20. The first-order valence-electron chi connectivity index (χ1n) is 5.77. The van der Waals surface area contributed by atoms with Crippen LogP contribution in [0.15, 0.2) is 0 Å². The van der Waals surface area contributed by atoms with Crippen LogP contribution in [0.4, 0.5) is 0 Å². The van der Waals surface area contributed by atoms with Crippen molar-refractivity contribution in [2.75, 3.05) is 13.1 Å². The van der Waals surface area contributed by atoms with Gasteiger partial charge in [-0.3, -0.25) is 0 Å². The maximum atomic E-state index is 4.56. The number of rotatable bonds is 6. The first kappa shape index (κ1) is 12.7. The van der Waals surface area contributed by atoms with E-state index in [2.05, 4.69) is 38.0 Å². The summed E-state index contributed by atoms with van der Waals surface area (Å²) in [5, 5.41) is 4.68. The molecular weight excluding hydrogens is 204 g/mol. The van der Waals surface area contributed by atoms with E-state index >= 15 is 0 Å². The van der Waals surface area contributed by atoms with Crippen LogP contribution in [0.2, 0.25) is 0 Å². The van der Waals surface area contributed by atoms with Gasteiger partial charge in [-0.05, 0) is 45.7 Å². The molecule has 0 aliphatic rings. The Bertz CT molecular complexity index is 274. The molecule has 0 aliphatic carbocycles. The third-order valence-electron chi connectivity index (χ3n) is 2.67. The van der Waals surface area contributed by atoms with Gasteiger partial charge < -0.3 is 5.32 Å². The van der Waals surface area contributed by atoms with E-state index in [-0.39, 0.29) is 0 Å². The van der Waals surface area contributed by atoms with Crippen LogP contribution in [0, 0.1) is 19.8 Å². The summed E-state index contributed by atoms with van der Waals surface area (Å²) in [5.74, 6) is 0.745. The molecule has 0 spiro atoms. The van der Waals surface area contributed by atoms with Crippen molar-refractivity contribution in [1.29, 1.82) is 0 Å². The van der Waals surface area contributed by atoms with Crippen LogP contribution in [0.3, 0.4) is 0 Å². The number of hydrogen-bond acceptors (Lipinski definition) is 3. The highest BCUT2D eigenvalue weighted by Crippen LogP contribution is 2.19. The normalized spacial score (nSPS) is 13.1. The molecular formula is C12H22N2S. The van der Waals surface area contributed by atoms with Crippen molar-refractivity contribution in [3.8, 4) is 0 Å². The fourth-order valence-electron chi connectivity index (χ4n) is 1.51. The van der Waals surface area contributed by atoms with Gasteiger partial charge in [0, 0.05) is 4.88 Å². The molecule has 0 amide bonds. The Morgan fingerprint density at radius 3 is 2.67 bits per heavy atom. The van der Waals surface area contributed by atoms with Crippen molar-refractivity contribution >= 4 is 11.3 Å². The molecule has 3 heteroatoms. The van der Waals surface area contributed by atoms with Crippen molar-refractivity contribution in [3.63, 3.8) is 0 Å². The second kappa shape index (κ2) is 6.23. The minimum Gasteiger partial charge on any atom is -0.317 e. The molecule has 15 heavy (non-hydrogen) atoms. The predicted molar refractivity (Wildman–Crippen MR) is 67.6 cm³/mol. The summed E-state index contributed by atoms with van der Waals surface area (Å²) in [7, 11) is 0. The predicted octanol–water partition coefficient (Wildman–Crippen LogP) is 2.94. The SMILES string of the molecule is CCNCC(C)CCc1nc(C)c(C)s1. The van der Waals surface area contributed by atoms with Crippen LogP contribution in [-0.4, -0.2) is 18.1 Å². The monoisotopic (exact) mass is 226 g/mol. The fraction of sp³-hybridized carbons (Fsp3) is 0.750. The molecule has 2 nitrogen and oxygen atoms in total. The summed E-state index contributed by atoms with van der Waals surface area (Å²) < 4.78 is 0. The minimum absolute atomic E-state index is 0.745. The van der Waals surface area contributed by atoms with Crippen LogP contribution in [0.5, 0.6) is 0 Å². The molecule has 0 aromatic carbocycles. The molecule has 1 N–H and O–H groups in total. The molecule has 0 radical (unpaired) electrons. The van der Waals surface area contributed by atoms with E-state index in [4.69, 9.17) is 0 Å². The zero-order valence-electron chi connectivity index (χ0n) is 10.3. The first-order chi connectivity index (χ1) is 7.13. The topological polar surface area (TPSA) is 24.9 Å². The highest BCUT2D eigenvalue weighted by molar-refractivity contribution is 7.11. The van der Waals surface area contributed by atoms with Gasteiger partial charge in [-0.25, -0.2) is 4.98 Å². The van der Waals surface area contributed by atoms with Crippen LogP contribution in [0.1, 0.15) is 35.8 Å². The number of nitrogens with zero attached hydrogens (tertiary/aromatic N) is 1. The van der Waals surface area contributed by atoms with E-state index in [0.717, 1.165) is 25.4 Å². The van der Waals surface area contributed by atoms with Gasteiger partial charge in [-0.2, -0.15) is 0 Å². The molecule has 1 heterocycles. The summed E-state index contributed by atoms with van der Waals surface area (Å²) in [5.41, 5.74) is 1.20. The zero-order valence-corrected chi connectivity index (χ0v) is 11.1. The molecule has 0 bridgehead atoms. The minimum atomic E-state index is 0.745. The van der Waals surface area contributed by atoms with Crippen LogP contribution < -0.4 is 5.32 Å². The Balaban J connectivity index is 2.30. The lowest BCUT2D eigenvalue weighted by Crippen LogP contribution is -2.20. The molecule has 1 aromatic heterocycles. The lowest BCUT2D eigenvalue weighted by Gasteiger charge is -2.09. The van der Waals surface area contributed by atoms with Gasteiger partial charge in [0.2, 0.25) is 0 Å². The Hall–Kier alpha value is -0.410. The van der Waals surface area contributed by atoms with Crippen LogP contribution in [-0.2, 0) is 6.42 Å². The number of aromatic nitrogens is 1. The number of aryl methyl sites for hydroxylation is 3. The van der Waals surface area contributed by atoms with Crippen molar-refractivity contribution in [1.82, 2.24) is 10.3 Å². The summed E-state index contributed by atoms with van der Waals surface area (Å²) in [6.45, 7) is 10.9. The van der Waals surface area contributed by atoms with Crippen molar-refractivity contribution in [3.05, 3.63) is 15.6 Å². The van der Waals surface area contributed by atoms with Gasteiger partial charge in [-0.1, -0.05) is 13.8 Å². The van der Waals surface area contributed by atoms with Crippen LogP contribution >= 0.6 is 11.3 Å². The zero-order chi connectivity index (χ0) is 11.3. The Morgan fingerprint density at radius 1 is 1.40 bits per heavy atom. The van der Waals surface area contributed by atoms with Gasteiger partial charge in [0.1, 0.15) is 0 Å². The van der Waals surface area contributed by atoms with Gasteiger partial charge in [0.05, 0.1) is 10.7 Å². The lowest BCUT2D eigenvalue weighted by atomic mass is 10.1. The van der Waals surface area contributed by atoms with Gasteiger partial charge in [-0.15, -0.1) is 11.3 Å². The molecule has 1 atom stereocenters. The van der Waals surface area contributed by atoms with Crippen LogP contribution in [0.25, 0.3) is 0 Å². The Kier molecular flexibility index (Phi) is 5.26. The lowest BCUT2D eigenvalue weighted by molar-refractivity contribution is 0.489. The van der Waals surface area contributed by atoms with E-state index < -0.39 is 0 Å². The van der Waals surface area contributed by atoms with Crippen molar-refractivity contribution in [2.24, 2.45) is 5.92 Å². The van der Waals surface area contributed by atoms with E-state index in [1.54, 1.807) is 0 Å². The third kappa shape index (κ3) is 4.31. The molecule has 0 saturated heterocycles. The maximum absolute atomic E-state index is 4.56. The van der Waals surface area contributed by atoms with E-state index in [1.807, 2.05) is 11.3 Å². The molecule has 0 aliphatic heterocycles. The smallest absolute Gasteiger partial charge is 0.0930 e. The number of hydrogen-bond donors (Lipinski definition) is 1. The number of thiazole rings is 1. The molecule has 1 unspecified atom stereocenters. The van der Waals surface area contributed by atoms with Gasteiger partial charge in [0.15, 0.2) is 0 Å². The number of nitrogens with one attached hydrogen (secondary N) is 1. The Morgan fingerprint density at radius 2 is 2.13 bits per heavy atom. The maximum Gasteiger partial charge on any atom is 0.0930 e.